The lowest BCUT2D eigenvalue weighted by Crippen LogP contribution is -1.89. The lowest BCUT2D eigenvalue weighted by molar-refractivity contribution is 0.284. The van der Waals surface area contributed by atoms with E-state index in [1.807, 2.05) is 6.20 Å². The fourth-order valence-electron chi connectivity index (χ4n) is 1.79. The van der Waals surface area contributed by atoms with Crippen molar-refractivity contribution >= 4 is 10.9 Å². The lowest BCUT2D eigenvalue weighted by atomic mass is 10.1. The van der Waals surface area contributed by atoms with Gasteiger partial charge in [0.15, 0.2) is 0 Å². The second kappa shape index (κ2) is 4.29. The van der Waals surface area contributed by atoms with E-state index in [1.54, 1.807) is 0 Å². The highest BCUT2D eigenvalue weighted by Crippen LogP contribution is 2.18. The predicted octanol–water partition coefficient (Wildman–Crippen LogP) is 2.48. The van der Waals surface area contributed by atoms with Crippen LogP contribution in [0.3, 0.4) is 0 Å². The number of aromatic amines is 1. The molecular formula is C12H15NO. The van der Waals surface area contributed by atoms with E-state index in [4.69, 9.17) is 5.11 Å². The lowest BCUT2D eigenvalue weighted by Gasteiger charge is -2.02. The molecule has 2 nitrogen and oxygen atoms in total. The summed E-state index contributed by atoms with van der Waals surface area (Å²) in [5.41, 5.74) is 2.59. The Morgan fingerprint density at radius 2 is 2.07 bits per heavy atom. The van der Waals surface area contributed by atoms with Crippen LogP contribution in [0.15, 0.2) is 30.5 Å². The van der Waals surface area contributed by atoms with Crippen molar-refractivity contribution in [3.63, 3.8) is 0 Å². The summed E-state index contributed by atoms with van der Waals surface area (Å²) in [6, 6.07) is 8.44. The first-order valence-electron chi connectivity index (χ1n) is 5.07. The molecule has 0 unspecified atom stereocenters. The molecule has 0 atom stereocenters. The van der Waals surface area contributed by atoms with E-state index in [-0.39, 0.29) is 0 Å². The number of aromatic nitrogens is 1. The molecule has 1 heterocycles. The van der Waals surface area contributed by atoms with Crippen LogP contribution in [0, 0.1) is 0 Å². The number of aliphatic hydroxyl groups is 1. The van der Waals surface area contributed by atoms with Crippen molar-refractivity contribution in [2.24, 2.45) is 0 Å². The highest BCUT2D eigenvalue weighted by Gasteiger charge is 2.00. The number of aliphatic hydroxyl groups excluding tert-OH is 1. The van der Waals surface area contributed by atoms with Crippen LogP contribution in [-0.2, 0) is 6.42 Å². The molecule has 0 amide bonds. The van der Waals surface area contributed by atoms with E-state index in [1.165, 1.54) is 16.5 Å². The van der Waals surface area contributed by atoms with Gasteiger partial charge in [0.1, 0.15) is 0 Å². The number of rotatable bonds is 4. The molecule has 0 aliphatic carbocycles. The van der Waals surface area contributed by atoms with Gasteiger partial charge in [0, 0.05) is 18.3 Å². The molecule has 0 fully saturated rings. The number of fused-ring (bicyclic) bond motifs is 1. The molecule has 1 aromatic carbocycles. The van der Waals surface area contributed by atoms with Gasteiger partial charge in [0.2, 0.25) is 0 Å². The molecule has 0 aliphatic rings. The molecule has 74 valence electrons. The summed E-state index contributed by atoms with van der Waals surface area (Å²) in [5.74, 6) is 0. The summed E-state index contributed by atoms with van der Waals surface area (Å²) >= 11 is 0. The van der Waals surface area contributed by atoms with E-state index in [0.717, 1.165) is 19.3 Å². The molecule has 1 aromatic heterocycles. The molecule has 2 N–H and O–H groups in total. The number of unbranched alkanes of at least 4 members (excludes halogenated alkanes) is 1. The molecular weight excluding hydrogens is 174 g/mol. The van der Waals surface area contributed by atoms with Gasteiger partial charge in [-0.2, -0.15) is 0 Å². The fraction of sp³-hybridized carbons (Fsp3) is 0.333. The summed E-state index contributed by atoms with van der Waals surface area (Å²) in [7, 11) is 0. The van der Waals surface area contributed by atoms with Crippen molar-refractivity contribution in [2.75, 3.05) is 6.61 Å². The Morgan fingerprint density at radius 1 is 1.14 bits per heavy atom. The minimum Gasteiger partial charge on any atom is -0.396 e. The van der Waals surface area contributed by atoms with Crippen LogP contribution in [0.2, 0.25) is 0 Å². The van der Waals surface area contributed by atoms with Crippen LogP contribution in [-0.4, -0.2) is 16.7 Å². The van der Waals surface area contributed by atoms with Gasteiger partial charge in [-0.1, -0.05) is 18.2 Å². The Morgan fingerprint density at radius 3 is 2.93 bits per heavy atom. The van der Waals surface area contributed by atoms with Crippen molar-refractivity contribution < 1.29 is 5.11 Å². The Labute approximate surface area is 83.6 Å². The first kappa shape index (κ1) is 9.28. The second-order valence-electron chi connectivity index (χ2n) is 3.54. The number of aryl methyl sites for hydroxylation is 1. The van der Waals surface area contributed by atoms with E-state index in [9.17, 15) is 0 Å². The van der Waals surface area contributed by atoms with Crippen LogP contribution in [0.25, 0.3) is 10.9 Å². The van der Waals surface area contributed by atoms with Gasteiger partial charge < -0.3 is 10.1 Å². The van der Waals surface area contributed by atoms with Crippen LogP contribution >= 0.6 is 0 Å². The van der Waals surface area contributed by atoms with E-state index in [2.05, 4.69) is 29.2 Å². The summed E-state index contributed by atoms with van der Waals surface area (Å²) in [6.45, 7) is 0.292. The van der Waals surface area contributed by atoms with Crippen molar-refractivity contribution in [1.82, 2.24) is 4.98 Å². The number of nitrogens with one attached hydrogen (secondary N) is 1. The highest BCUT2D eigenvalue weighted by molar-refractivity contribution is 5.82. The van der Waals surface area contributed by atoms with Gasteiger partial charge in [0.05, 0.1) is 0 Å². The summed E-state index contributed by atoms with van der Waals surface area (Å²) in [5, 5.41) is 9.98. The molecule has 14 heavy (non-hydrogen) atoms. The molecule has 0 saturated heterocycles. The summed E-state index contributed by atoms with van der Waals surface area (Å²) in [6.07, 6.45) is 4.95. The van der Waals surface area contributed by atoms with Gasteiger partial charge >= 0.3 is 0 Å². The Balaban J connectivity index is 2.19. The van der Waals surface area contributed by atoms with Gasteiger partial charge in [-0.15, -0.1) is 0 Å². The SMILES string of the molecule is OCCCCc1cccc2cc[nH]c12. The maximum absolute atomic E-state index is 8.71. The minimum atomic E-state index is 0.292. The second-order valence-corrected chi connectivity index (χ2v) is 3.54. The van der Waals surface area contributed by atoms with E-state index < -0.39 is 0 Å². The van der Waals surface area contributed by atoms with Gasteiger partial charge in [-0.25, -0.2) is 0 Å². The van der Waals surface area contributed by atoms with Gasteiger partial charge in [-0.3, -0.25) is 0 Å². The molecule has 0 spiro atoms. The zero-order valence-corrected chi connectivity index (χ0v) is 8.16. The predicted molar refractivity (Wildman–Crippen MR) is 58.3 cm³/mol. The average molecular weight is 189 g/mol. The van der Waals surface area contributed by atoms with Crippen molar-refractivity contribution in [3.05, 3.63) is 36.0 Å². The third-order valence-corrected chi connectivity index (χ3v) is 2.53. The smallest absolute Gasteiger partial charge is 0.0486 e. The summed E-state index contributed by atoms with van der Waals surface area (Å²) < 4.78 is 0. The maximum Gasteiger partial charge on any atom is 0.0486 e. The topological polar surface area (TPSA) is 36.0 Å². The van der Waals surface area contributed by atoms with E-state index >= 15 is 0 Å². The van der Waals surface area contributed by atoms with Crippen molar-refractivity contribution in [2.45, 2.75) is 19.3 Å². The molecule has 2 aromatic rings. The number of benzene rings is 1. The molecule has 0 aliphatic heterocycles. The third kappa shape index (κ3) is 1.80. The highest BCUT2D eigenvalue weighted by atomic mass is 16.2. The van der Waals surface area contributed by atoms with Crippen LogP contribution < -0.4 is 0 Å². The van der Waals surface area contributed by atoms with Gasteiger partial charge in [-0.05, 0) is 36.3 Å². The van der Waals surface area contributed by atoms with Crippen molar-refractivity contribution in [1.29, 1.82) is 0 Å². The minimum absolute atomic E-state index is 0.292. The van der Waals surface area contributed by atoms with Gasteiger partial charge in [0.25, 0.3) is 0 Å². The zero-order chi connectivity index (χ0) is 9.80. The molecule has 2 rings (SSSR count). The first-order chi connectivity index (χ1) is 6.92. The quantitative estimate of drug-likeness (QED) is 0.712. The molecule has 2 heteroatoms. The van der Waals surface area contributed by atoms with Crippen LogP contribution in [0.4, 0.5) is 0 Å². The standard InChI is InChI=1S/C12H15NO/c14-9-2-1-4-10-5-3-6-11-7-8-13-12(10)11/h3,5-8,13-14H,1-2,4,9H2. The number of para-hydroxylation sites is 1. The normalized spacial score (nSPS) is 10.9. The Bertz CT molecular complexity index is 405. The molecule has 0 saturated carbocycles. The Hall–Kier alpha value is -1.28. The van der Waals surface area contributed by atoms with Crippen LogP contribution in [0.5, 0.6) is 0 Å². The monoisotopic (exact) mass is 189 g/mol. The van der Waals surface area contributed by atoms with E-state index in [0.29, 0.717) is 6.61 Å². The van der Waals surface area contributed by atoms with Crippen LogP contribution in [0.1, 0.15) is 18.4 Å². The number of hydrogen-bond donors (Lipinski definition) is 2. The fourth-order valence-corrected chi connectivity index (χ4v) is 1.79. The molecule has 0 bridgehead atoms. The maximum atomic E-state index is 8.71. The number of H-pyrrole nitrogens is 1. The first-order valence-corrected chi connectivity index (χ1v) is 5.07. The average Bonchev–Trinajstić information content (AvgIpc) is 2.67. The third-order valence-electron chi connectivity index (χ3n) is 2.53. The zero-order valence-electron chi connectivity index (χ0n) is 8.16. The number of hydrogen-bond acceptors (Lipinski definition) is 1. The largest absolute Gasteiger partial charge is 0.396 e. The summed E-state index contributed by atoms with van der Waals surface area (Å²) in [4.78, 5) is 3.25. The Kier molecular flexibility index (Phi) is 2.84. The molecule has 0 radical (unpaired) electrons. The van der Waals surface area contributed by atoms with Crippen molar-refractivity contribution in [3.8, 4) is 0 Å².